The summed E-state index contributed by atoms with van der Waals surface area (Å²) >= 11 is 6.33. The lowest BCUT2D eigenvalue weighted by atomic mass is 9.76. The molecule has 1 aromatic heterocycles. The number of imide groups is 1. The number of aromatic nitrogens is 1. The maximum atomic E-state index is 13.9. The number of rotatable bonds is 2. The number of hydrogen-bond donors (Lipinski definition) is 3. The van der Waals surface area contributed by atoms with Crippen molar-refractivity contribution in [3.05, 3.63) is 64.8 Å². The third-order valence-electron chi connectivity index (χ3n) is 7.46. The average Bonchev–Trinajstić information content (AvgIpc) is 3.47. The van der Waals surface area contributed by atoms with E-state index in [0.29, 0.717) is 22.7 Å². The Morgan fingerprint density at radius 3 is 2.59 bits per heavy atom. The number of H-pyrrole nitrogens is 1. The van der Waals surface area contributed by atoms with Crippen LogP contribution in [0.4, 0.5) is 5.69 Å². The fourth-order valence-electron chi connectivity index (χ4n) is 6.15. The van der Waals surface area contributed by atoms with Gasteiger partial charge in [-0.25, -0.2) is 0 Å². The molecular weight excluding hydrogens is 452 g/mol. The molecule has 2 saturated heterocycles. The summed E-state index contributed by atoms with van der Waals surface area (Å²) < 4.78 is 0. The first kappa shape index (κ1) is 21.4. The van der Waals surface area contributed by atoms with Gasteiger partial charge in [0.05, 0.1) is 11.8 Å². The van der Waals surface area contributed by atoms with E-state index in [2.05, 4.69) is 15.6 Å². The van der Waals surface area contributed by atoms with Gasteiger partial charge in [0.1, 0.15) is 5.54 Å². The highest BCUT2D eigenvalue weighted by atomic mass is 35.5. The number of para-hydroxylation sites is 1. The Hall–Kier alpha value is -3.16. The fraction of sp³-hybridized carbons (Fsp3) is 0.346. The van der Waals surface area contributed by atoms with Gasteiger partial charge in [-0.2, -0.15) is 0 Å². The number of carbonyl (C=O) groups excluding carboxylic acids is 3. The van der Waals surface area contributed by atoms with Crippen molar-refractivity contribution < 1.29 is 14.4 Å². The van der Waals surface area contributed by atoms with E-state index in [0.717, 1.165) is 16.5 Å². The summed E-state index contributed by atoms with van der Waals surface area (Å²) in [5.74, 6) is -2.40. The van der Waals surface area contributed by atoms with E-state index in [9.17, 15) is 14.4 Å². The lowest BCUT2D eigenvalue weighted by Crippen LogP contribution is -2.56. The maximum absolute atomic E-state index is 13.9. The number of benzene rings is 2. The molecule has 4 heterocycles. The second-order valence-electron chi connectivity index (χ2n) is 10.5. The number of halogens is 1. The van der Waals surface area contributed by atoms with Gasteiger partial charge in [-0.3, -0.25) is 24.6 Å². The van der Waals surface area contributed by atoms with Crippen LogP contribution in [0.2, 0.25) is 5.02 Å². The van der Waals surface area contributed by atoms with Gasteiger partial charge < -0.3 is 10.3 Å². The van der Waals surface area contributed by atoms with Crippen LogP contribution in [0.3, 0.4) is 0 Å². The molecule has 0 aliphatic carbocycles. The van der Waals surface area contributed by atoms with E-state index in [1.165, 1.54) is 4.90 Å². The van der Waals surface area contributed by atoms with Gasteiger partial charge in [-0.05, 0) is 57.0 Å². The highest BCUT2D eigenvalue weighted by Crippen LogP contribution is 2.54. The summed E-state index contributed by atoms with van der Waals surface area (Å²) in [4.78, 5) is 45.8. The summed E-state index contributed by atoms with van der Waals surface area (Å²) in [6.07, 6.45) is 2.43. The summed E-state index contributed by atoms with van der Waals surface area (Å²) in [6, 6.07) is 12.7. The molecule has 7 nitrogen and oxygen atoms in total. The molecule has 3 N–H and O–H groups in total. The molecule has 3 amide bonds. The third kappa shape index (κ3) is 2.71. The van der Waals surface area contributed by atoms with E-state index in [1.807, 2.05) is 51.2 Å². The minimum atomic E-state index is -1.35. The second kappa shape index (κ2) is 6.93. The largest absolute Gasteiger partial charge is 0.361 e. The Labute approximate surface area is 201 Å². The van der Waals surface area contributed by atoms with Crippen LogP contribution in [-0.2, 0) is 26.3 Å². The van der Waals surface area contributed by atoms with Gasteiger partial charge in [-0.1, -0.05) is 29.8 Å². The minimum absolute atomic E-state index is 0.236. The van der Waals surface area contributed by atoms with E-state index >= 15 is 0 Å². The van der Waals surface area contributed by atoms with E-state index in [4.69, 9.17) is 11.6 Å². The fourth-order valence-corrected chi connectivity index (χ4v) is 6.32. The van der Waals surface area contributed by atoms with Crippen molar-refractivity contribution in [2.75, 3.05) is 5.32 Å². The molecule has 3 aromatic rings. The molecule has 4 atom stereocenters. The zero-order valence-corrected chi connectivity index (χ0v) is 19.9. The highest BCUT2D eigenvalue weighted by Gasteiger charge is 2.71. The van der Waals surface area contributed by atoms with Crippen LogP contribution in [0.25, 0.3) is 10.9 Å². The van der Waals surface area contributed by atoms with Crippen molar-refractivity contribution in [1.82, 2.24) is 15.2 Å². The van der Waals surface area contributed by atoms with Crippen LogP contribution >= 0.6 is 11.6 Å². The first-order valence-electron chi connectivity index (χ1n) is 11.4. The quantitative estimate of drug-likeness (QED) is 0.493. The molecule has 2 aromatic carbocycles. The third-order valence-corrected chi connectivity index (χ3v) is 7.70. The average molecular weight is 477 g/mol. The number of nitrogens with one attached hydrogen (secondary N) is 3. The van der Waals surface area contributed by atoms with Crippen LogP contribution < -0.4 is 10.6 Å². The van der Waals surface area contributed by atoms with Gasteiger partial charge >= 0.3 is 0 Å². The van der Waals surface area contributed by atoms with Crippen LogP contribution in [0.1, 0.15) is 31.9 Å². The number of likely N-dealkylation sites (tertiary alicyclic amines) is 1. The normalized spacial score (nSPS) is 28.2. The minimum Gasteiger partial charge on any atom is -0.361 e. The molecule has 8 heteroatoms. The SMILES string of the molecule is CC(C)(C)N1C(=O)[C@@H]2[C@H](Cc3c[nH]c4ccccc34)N[C@]3(C(=O)Nc4ccc(Cl)cc43)[C@@H]2C1=O. The van der Waals surface area contributed by atoms with Crippen LogP contribution in [0.5, 0.6) is 0 Å². The first-order valence-corrected chi connectivity index (χ1v) is 11.8. The number of nitrogens with zero attached hydrogens (tertiary/aromatic N) is 1. The van der Waals surface area contributed by atoms with Gasteiger partial charge in [-0.15, -0.1) is 0 Å². The number of amides is 3. The van der Waals surface area contributed by atoms with Crippen molar-refractivity contribution in [3.63, 3.8) is 0 Å². The van der Waals surface area contributed by atoms with E-state index in [1.54, 1.807) is 18.2 Å². The van der Waals surface area contributed by atoms with Crippen LogP contribution in [-0.4, -0.2) is 39.2 Å². The van der Waals surface area contributed by atoms with Gasteiger partial charge in [0, 0.05) is 45.0 Å². The van der Waals surface area contributed by atoms with Gasteiger partial charge in [0.25, 0.3) is 0 Å². The summed E-state index contributed by atoms with van der Waals surface area (Å²) in [6.45, 7) is 5.54. The zero-order valence-electron chi connectivity index (χ0n) is 19.1. The van der Waals surface area contributed by atoms with Crippen LogP contribution in [0.15, 0.2) is 48.7 Å². The standard InChI is InChI=1S/C26H25ClN4O3/c1-25(2,3)31-22(32)20-19(10-13-12-28-17-7-5-4-6-15(13)17)30-26(21(20)23(31)33)16-11-14(27)8-9-18(16)29-24(26)34/h4-9,11-12,19-21,28,30H,10H2,1-3H3,(H,29,34)/t19-,20+,21-,26-/m0/s1. The molecule has 3 aliphatic rings. The van der Waals surface area contributed by atoms with Crippen molar-refractivity contribution in [2.45, 2.75) is 44.3 Å². The molecule has 34 heavy (non-hydrogen) atoms. The van der Waals surface area contributed by atoms with Crippen molar-refractivity contribution in [1.29, 1.82) is 0 Å². The Balaban J connectivity index is 1.51. The molecule has 6 rings (SSSR count). The number of carbonyl (C=O) groups is 3. The monoisotopic (exact) mass is 476 g/mol. The lowest BCUT2D eigenvalue weighted by Gasteiger charge is -2.34. The Kier molecular flexibility index (Phi) is 4.36. The van der Waals surface area contributed by atoms with E-state index in [-0.39, 0.29) is 17.7 Å². The van der Waals surface area contributed by atoms with Gasteiger partial charge in [0.2, 0.25) is 17.7 Å². The Morgan fingerprint density at radius 2 is 1.82 bits per heavy atom. The molecular formula is C26H25ClN4O3. The Bertz CT molecular complexity index is 1390. The van der Waals surface area contributed by atoms with Gasteiger partial charge in [0.15, 0.2) is 0 Å². The lowest BCUT2D eigenvalue weighted by molar-refractivity contribution is -0.147. The van der Waals surface area contributed by atoms with E-state index < -0.39 is 29.0 Å². The van der Waals surface area contributed by atoms with Crippen LogP contribution in [0, 0.1) is 11.8 Å². The maximum Gasteiger partial charge on any atom is 0.250 e. The number of fused-ring (bicyclic) bond motifs is 5. The number of aromatic amines is 1. The summed E-state index contributed by atoms with van der Waals surface area (Å²) in [7, 11) is 0. The summed E-state index contributed by atoms with van der Waals surface area (Å²) in [5.41, 5.74) is 1.22. The zero-order chi connectivity index (χ0) is 24.0. The molecule has 2 fully saturated rings. The second-order valence-corrected chi connectivity index (χ2v) is 10.9. The molecule has 3 aliphatic heterocycles. The van der Waals surface area contributed by atoms with Crippen molar-refractivity contribution in [3.8, 4) is 0 Å². The molecule has 174 valence electrons. The predicted octanol–water partition coefficient (Wildman–Crippen LogP) is 3.58. The summed E-state index contributed by atoms with van der Waals surface area (Å²) in [5, 5.41) is 7.93. The molecule has 1 spiro atoms. The first-order chi connectivity index (χ1) is 16.1. The smallest absolute Gasteiger partial charge is 0.250 e. The van der Waals surface area contributed by atoms with Crippen molar-refractivity contribution in [2.24, 2.45) is 11.8 Å². The predicted molar refractivity (Wildman–Crippen MR) is 129 cm³/mol. The molecule has 0 saturated carbocycles. The molecule has 0 bridgehead atoms. The number of anilines is 1. The molecule has 0 unspecified atom stereocenters. The topological polar surface area (TPSA) is 94.3 Å². The van der Waals surface area contributed by atoms with Crippen molar-refractivity contribution >= 4 is 45.9 Å². The highest BCUT2D eigenvalue weighted by molar-refractivity contribution is 6.31. The molecule has 0 radical (unpaired) electrons. The number of hydrogen-bond acceptors (Lipinski definition) is 4. The Morgan fingerprint density at radius 1 is 1.06 bits per heavy atom.